The van der Waals surface area contributed by atoms with E-state index in [2.05, 4.69) is 4.57 Å². The van der Waals surface area contributed by atoms with Gasteiger partial charge in [0.1, 0.15) is 5.82 Å². The zero-order chi connectivity index (χ0) is 17.5. The molecule has 1 aliphatic rings. The Morgan fingerprint density at radius 2 is 1.88 bits per heavy atom. The largest absolute Gasteiger partial charge is 0.376 e. The van der Waals surface area contributed by atoms with Crippen LogP contribution in [-0.4, -0.2) is 32.2 Å². The van der Waals surface area contributed by atoms with Crippen LogP contribution in [0, 0.1) is 0 Å². The molecule has 1 aliphatic heterocycles. The Morgan fingerprint density at radius 3 is 2.65 bits per heavy atom. The van der Waals surface area contributed by atoms with Gasteiger partial charge in [-0.2, -0.15) is 0 Å². The molecule has 0 bridgehead atoms. The highest BCUT2D eigenvalue weighted by Gasteiger charge is 2.22. The van der Waals surface area contributed by atoms with Crippen molar-refractivity contribution in [2.45, 2.75) is 25.5 Å². The summed E-state index contributed by atoms with van der Waals surface area (Å²) in [4.78, 5) is 14.3. The maximum absolute atomic E-state index is 6.21. The van der Waals surface area contributed by atoms with Crippen molar-refractivity contribution < 1.29 is 4.74 Å². The van der Waals surface area contributed by atoms with E-state index in [-0.39, 0.29) is 6.10 Å². The highest BCUT2D eigenvalue weighted by molar-refractivity contribution is 6.30. The van der Waals surface area contributed by atoms with Gasteiger partial charge < -0.3 is 9.30 Å². The lowest BCUT2D eigenvalue weighted by molar-refractivity contribution is 0.0981. The van der Waals surface area contributed by atoms with Crippen LogP contribution in [0.25, 0.3) is 33.7 Å². The maximum atomic E-state index is 6.21. The number of aromatic nitrogens is 4. The Hall–Kier alpha value is -2.50. The lowest BCUT2D eigenvalue weighted by Crippen LogP contribution is -2.16. The zero-order valence-electron chi connectivity index (χ0n) is 14.1. The van der Waals surface area contributed by atoms with Gasteiger partial charge in [-0.1, -0.05) is 35.9 Å². The monoisotopic (exact) mass is 364 g/mol. The molecule has 0 spiro atoms. The normalized spacial score (nSPS) is 17.3. The van der Waals surface area contributed by atoms with E-state index in [9.17, 15) is 0 Å². The zero-order valence-corrected chi connectivity index (χ0v) is 14.9. The number of para-hydroxylation sites is 2. The number of benzene rings is 2. The highest BCUT2D eigenvalue weighted by atomic mass is 35.5. The number of ether oxygens (including phenoxy) is 1. The maximum Gasteiger partial charge on any atom is 0.198 e. The average molecular weight is 365 g/mol. The van der Waals surface area contributed by atoms with E-state index in [1.165, 1.54) is 0 Å². The highest BCUT2D eigenvalue weighted by Crippen LogP contribution is 2.28. The topological polar surface area (TPSA) is 52.8 Å². The fourth-order valence-electron chi connectivity index (χ4n) is 3.51. The molecule has 5 rings (SSSR count). The number of imidazole rings is 1. The van der Waals surface area contributed by atoms with Crippen LogP contribution >= 0.6 is 11.6 Å². The third-order valence-electron chi connectivity index (χ3n) is 4.75. The first-order valence-electron chi connectivity index (χ1n) is 8.78. The molecule has 0 unspecified atom stereocenters. The average Bonchev–Trinajstić information content (AvgIpc) is 3.28. The summed E-state index contributed by atoms with van der Waals surface area (Å²) in [5, 5.41) is 0.685. The van der Waals surface area contributed by atoms with E-state index in [0.29, 0.717) is 17.2 Å². The van der Waals surface area contributed by atoms with Crippen LogP contribution in [0.2, 0.25) is 5.02 Å². The molecule has 1 atom stereocenters. The van der Waals surface area contributed by atoms with Crippen LogP contribution < -0.4 is 0 Å². The minimum Gasteiger partial charge on any atom is -0.376 e. The molecule has 0 aliphatic carbocycles. The smallest absolute Gasteiger partial charge is 0.198 e. The summed E-state index contributed by atoms with van der Waals surface area (Å²) in [6.45, 7) is 1.53. The predicted octanol–water partition coefficient (Wildman–Crippen LogP) is 4.48. The number of hydrogen-bond acceptors (Lipinski definition) is 4. The van der Waals surface area contributed by atoms with Crippen molar-refractivity contribution in [2.24, 2.45) is 0 Å². The second-order valence-corrected chi connectivity index (χ2v) is 6.99. The van der Waals surface area contributed by atoms with Gasteiger partial charge in [-0.15, -0.1) is 0 Å². The first kappa shape index (κ1) is 15.7. The lowest BCUT2D eigenvalue weighted by Gasteiger charge is -2.14. The molecule has 0 N–H and O–H groups in total. The third kappa shape index (κ3) is 2.73. The molecule has 4 aromatic rings. The summed E-state index contributed by atoms with van der Waals surface area (Å²) in [6.07, 6.45) is 2.33. The van der Waals surface area contributed by atoms with Gasteiger partial charge in [0, 0.05) is 17.2 Å². The van der Waals surface area contributed by atoms with Crippen molar-refractivity contribution in [1.29, 1.82) is 0 Å². The predicted molar refractivity (Wildman–Crippen MR) is 102 cm³/mol. The quantitative estimate of drug-likeness (QED) is 0.538. The number of fused-ring (bicyclic) bond motifs is 2. The van der Waals surface area contributed by atoms with Crippen LogP contribution in [0.5, 0.6) is 0 Å². The molecule has 0 amide bonds. The Balaban J connectivity index is 1.74. The van der Waals surface area contributed by atoms with Gasteiger partial charge in [-0.25, -0.2) is 15.0 Å². The first-order chi connectivity index (χ1) is 12.8. The van der Waals surface area contributed by atoms with Gasteiger partial charge in [-0.3, -0.25) is 0 Å². The van der Waals surface area contributed by atoms with Gasteiger partial charge in [0.25, 0.3) is 0 Å². The van der Waals surface area contributed by atoms with Gasteiger partial charge in [0.05, 0.1) is 23.7 Å². The number of hydrogen-bond donors (Lipinski definition) is 0. The van der Waals surface area contributed by atoms with Crippen LogP contribution in [-0.2, 0) is 11.3 Å². The van der Waals surface area contributed by atoms with E-state index in [1.54, 1.807) is 0 Å². The van der Waals surface area contributed by atoms with Crippen molar-refractivity contribution >= 4 is 33.9 Å². The molecule has 6 heteroatoms. The van der Waals surface area contributed by atoms with E-state index >= 15 is 0 Å². The molecule has 26 heavy (non-hydrogen) atoms. The molecule has 0 saturated carbocycles. The number of rotatable bonds is 3. The summed E-state index contributed by atoms with van der Waals surface area (Å²) >= 11 is 6.21. The minimum atomic E-state index is 0.179. The Kier molecular flexibility index (Phi) is 3.84. The molecular weight excluding hydrogens is 348 g/mol. The first-order valence-corrected chi connectivity index (χ1v) is 9.16. The molecule has 2 aromatic heterocycles. The second kappa shape index (κ2) is 6.34. The number of halogens is 1. The number of nitrogens with zero attached hydrogens (tertiary/aromatic N) is 4. The Labute approximate surface area is 155 Å². The molecule has 2 aromatic carbocycles. The van der Waals surface area contributed by atoms with Crippen molar-refractivity contribution in [3.05, 3.63) is 53.6 Å². The van der Waals surface area contributed by atoms with E-state index in [4.69, 9.17) is 31.3 Å². The van der Waals surface area contributed by atoms with E-state index in [1.807, 2.05) is 48.5 Å². The van der Waals surface area contributed by atoms with E-state index < -0.39 is 0 Å². The van der Waals surface area contributed by atoms with Crippen molar-refractivity contribution in [3.63, 3.8) is 0 Å². The van der Waals surface area contributed by atoms with Crippen molar-refractivity contribution in [3.8, 4) is 11.4 Å². The molecule has 1 saturated heterocycles. The van der Waals surface area contributed by atoms with Crippen LogP contribution in [0.15, 0.2) is 48.5 Å². The summed E-state index contributed by atoms with van der Waals surface area (Å²) in [6, 6.07) is 15.6. The molecular formula is C20H17ClN4O. The molecule has 130 valence electrons. The molecule has 0 radical (unpaired) electrons. The fraction of sp³-hybridized carbons (Fsp3) is 0.250. The standard InChI is InChI=1S/C20H17ClN4O/c21-14-6-3-5-13(11-14)19-24-18-20(25(19)12-15-7-4-10-26-15)23-17-9-2-1-8-16(17)22-18/h1-3,5-6,8-9,11,15H,4,7,10,12H2/t15-/m1/s1. The summed E-state index contributed by atoms with van der Waals surface area (Å²) < 4.78 is 7.98. The Bertz CT molecular complexity index is 1100. The van der Waals surface area contributed by atoms with Crippen molar-refractivity contribution in [2.75, 3.05) is 6.61 Å². The second-order valence-electron chi connectivity index (χ2n) is 6.55. The van der Waals surface area contributed by atoms with Crippen LogP contribution in [0.3, 0.4) is 0 Å². The molecule has 1 fully saturated rings. The van der Waals surface area contributed by atoms with Crippen LogP contribution in [0.1, 0.15) is 12.8 Å². The lowest BCUT2D eigenvalue weighted by atomic mass is 10.2. The summed E-state index contributed by atoms with van der Waals surface area (Å²) in [7, 11) is 0. The van der Waals surface area contributed by atoms with Gasteiger partial charge in [0.15, 0.2) is 11.3 Å². The third-order valence-corrected chi connectivity index (χ3v) is 4.99. The summed E-state index contributed by atoms with van der Waals surface area (Å²) in [5.41, 5.74) is 4.11. The van der Waals surface area contributed by atoms with E-state index in [0.717, 1.165) is 47.5 Å². The van der Waals surface area contributed by atoms with Gasteiger partial charge in [0.2, 0.25) is 0 Å². The van der Waals surface area contributed by atoms with Crippen molar-refractivity contribution in [1.82, 2.24) is 19.5 Å². The molecule has 5 nitrogen and oxygen atoms in total. The Morgan fingerprint density at radius 1 is 1.04 bits per heavy atom. The van der Waals surface area contributed by atoms with Gasteiger partial charge >= 0.3 is 0 Å². The SMILES string of the molecule is Clc1cccc(-c2nc3nc4ccccc4nc3n2C[C@H]2CCCO2)c1. The fourth-order valence-corrected chi connectivity index (χ4v) is 3.70. The molecule has 3 heterocycles. The summed E-state index contributed by atoms with van der Waals surface area (Å²) in [5.74, 6) is 0.827. The van der Waals surface area contributed by atoms with Gasteiger partial charge in [-0.05, 0) is 37.1 Å². The minimum absolute atomic E-state index is 0.179. The van der Waals surface area contributed by atoms with Crippen LogP contribution in [0.4, 0.5) is 0 Å².